The normalized spacial score (nSPS) is 11.3. The van der Waals surface area contributed by atoms with Crippen LogP contribution >= 0.6 is 23.2 Å². The number of halogens is 2. The molecule has 0 fully saturated rings. The van der Waals surface area contributed by atoms with Gasteiger partial charge >= 0.3 is 6.03 Å². The molecule has 0 saturated carbocycles. The van der Waals surface area contributed by atoms with Crippen molar-refractivity contribution in [2.45, 2.75) is 18.7 Å². The Balaban J connectivity index is 2.10. The zero-order valence-electron chi connectivity index (χ0n) is 14.2. The van der Waals surface area contributed by atoms with Gasteiger partial charge < -0.3 is 10.6 Å². The number of hydrogen-bond donors (Lipinski definition) is 3. The lowest BCUT2D eigenvalue weighted by molar-refractivity contribution is 0.251. The van der Waals surface area contributed by atoms with Gasteiger partial charge in [-0.15, -0.1) is 0 Å². The van der Waals surface area contributed by atoms with E-state index in [0.29, 0.717) is 18.2 Å². The van der Waals surface area contributed by atoms with E-state index in [4.69, 9.17) is 23.2 Å². The Morgan fingerprint density at radius 3 is 2.15 bits per heavy atom. The average Bonchev–Trinajstić information content (AvgIpc) is 2.57. The summed E-state index contributed by atoms with van der Waals surface area (Å²) in [7, 11) is -3.87. The Kier molecular flexibility index (Phi) is 6.75. The molecule has 0 heterocycles. The first-order valence-corrected chi connectivity index (χ1v) is 10.0. The van der Waals surface area contributed by atoms with Crippen molar-refractivity contribution in [3.8, 4) is 0 Å². The maximum Gasteiger partial charge on any atom is 0.319 e. The van der Waals surface area contributed by atoms with Crippen molar-refractivity contribution in [3.63, 3.8) is 0 Å². The van der Waals surface area contributed by atoms with Crippen molar-refractivity contribution in [1.29, 1.82) is 0 Å². The molecule has 2 rings (SSSR count). The molecule has 0 aliphatic carbocycles. The van der Waals surface area contributed by atoms with Gasteiger partial charge in [0, 0.05) is 12.2 Å². The predicted octanol–water partition coefficient (Wildman–Crippen LogP) is 4.57. The van der Waals surface area contributed by atoms with Crippen LogP contribution in [0.4, 0.5) is 16.2 Å². The molecule has 2 aromatic rings. The molecule has 0 aromatic heterocycles. The van der Waals surface area contributed by atoms with Gasteiger partial charge in [0.1, 0.15) is 0 Å². The van der Waals surface area contributed by atoms with Crippen LogP contribution in [0.25, 0.3) is 0 Å². The Bertz CT molecular complexity index is 864. The minimum atomic E-state index is -3.87. The summed E-state index contributed by atoms with van der Waals surface area (Å²) in [5, 5.41) is 5.74. The second-order valence-electron chi connectivity index (χ2n) is 5.96. The molecule has 0 atom stereocenters. The summed E-state index contributed by atoms with van der Waals surface area (Å²) >= 11 is 12.0. The van der Waals surface area contributed by atoms with E-state index in [1.165, 1.54) is 36.4 Å². The van der Waals surface area contributed by atoms with Crippen molar-refractivity contribution >= 4 is 50.6 Å². The number of carbonyl (C=O) groups excluding carboxylic acids is 1. The van der Waals surface area contributed by atoms with E-state index in [1.54, 1.807) is 6.07 Å². The van der Waals surface area contributed by atoms with Crippen molar-refractivity contribution in [2.75, 3.05) is 16.6 Å². The van der Waals surface area contributed by atoms with Gasteiger partial charge in [0.15, 0.2) is 0 Å². The zero-order valence-corrected chi connectivity index (χ0v) is 16.5. The van der Waals surface area contributed by atoms with Crippen LogP contribution in [0.3, 0.4) is 0 Å². The highest BCUT2D eigenvalue weighted by atomic mass is 35.5. The molecule has 0 aliphatic heterocycles. The minimum Gasteiger partial charge on any atom is -0.338 e. The largest absolute Gasteiger partial charge is 0.338 e. The van der Waals surface area contributed by atoms with Gasteiger partial charge in [0.25, 0.3) is 10.0 Å². The Morgan fingerprint density at radius 1 is 1.04 bits per heavy atom. The SMILES string of the molecule is CC(C)CNC(=O)Nc1ccc(S(=O)(=O)Nc2c(Cl)cccc2Cl)cc1. The number of carbonyl (C=O) groups is 1. The first-order valence-electron chi connectivity index (χ1n) is 7.81. The van der Waals surface area contributed by atoms with E-state index in [-0.39, 0.29) is 26.7 Å². The van der Waals surface area contributed by atoms with Gasteiger partial charge in [-0.1, -0.05) is 43.1 Å². The molecule has 6 nitrogen and oxygen atoms in total. The topological polar surface area (TPSA) is 87.3 Å². The maximum atomic E-state index is 12.5. The summed E-state index contributed by atoms with van der Waals surface area (Å²) in [4.78, 5) is 11.7. The van der Waals surface area contributed by atoms with Crippen molar-refractivity contribution in [3.05, 3.63) is 52.5 Å². The first-order chi connectivity index (χ1) is 12.2. The zero-order chi connectivity index (χ0) is 19.3. The van der Waals surface area contributed by atoms with Crippen LogP contribution in [0, 0.1) is 5.92 Å². The van der Waals surface area contributed by atoms with Crippen LogP contribution in [0.2, 0.25) is 10.0 Å². The lowest BCUT2D eigenvalue weighted by atomic mass is 10.2. The second-order valence-corrected chi connectivity index (χ2v) is 8.45. The summed E-state index contributed by atoms with van der Waals surface area (Å²) in [5.41, 5.74) is 0.590. The number of para-hydroxylation sites is 1. The molecule has 26 heavy (non-hydrogen) atoms. The number of urea groups is 1. The fraction of sp³-hybridized carbons (Fsp3) is 0.235. The van der Waals surface area contributed by atoms with E-state index < -0.39 is 10.0 Å². The number of anilines is 2. The molecule has 140 valence electrons. The molecule has 2 amide bonds. The van der Waals surface area contributed by atoms with Gasteiger partial charge in [-0.25, -0.2) is 13.2 Å². The number of rotatable bonds is 6. The lowest BCUT2D eigenvalue weighted by Gasteiger charge is -2.12. The molecule has 3 N–H and O–H groups in total. The quantitative estimate of drug-likeness (QED) is 0.645. The van der Waals surface area contributed by atoms with Gasteiger partial charge in [-0.3, -0.25) is 4.72 Å². The first kappa shape index (κ1) is 20.4. The maximum absolute atomic E-state index is 12.5. The highest BCUT2D eigenvalue weighted by Crippen LogP contribution is 2.31. The number of benzene rings is 2. The fourth-order valence-electron chi connectivity index (χ4n) is 1.98. The summed E-state index contributed by atoms with van der Waals surface area (Å²) in [6.45, 7) is 4.51. The summed E-state index contributed by atoms with van der Waals surface area (Å²) < 4.78 is 27.4. The molecule has 2 aromatic carbocycles. The molecule has 9 heteroatoms. The van der Waals surface area contributed by atoms with Crippen molar-refractivity contribution < 1.29 is 13.2 Å². The standard InChI is InChI=1S/C17H19Cl2N3O3S/c1-11(2)10-20-17(23)21-12-6-8-13(9-7-12)26(24,25)22-16-14(18)4-3-5-15(16)19/h3-9,11,22H,10H2,1-2H3,(H2,20,21,23). The number of amides is 2. The van der Waals surface area contributed by atoms with E-state index in [1.807, 2.05) is 13.8 Å². The third-order valence-electron chi connectivity index (χ3n) is 3.29. The summed E-state index contributed by atoms with van der Waals surface area (Å²) in [6.07, 6.45) is 0. The van der Waals surface area contributed by atoms with Crippen LogP contribution in [0.1, 0.15) is 13.8 Å². The lowest BCUT2D eigenvalue weighted by Crippen LogP contribution is -2.31. The van der Waals surface area contributed by atoms with Gasteiger partial charge in [-0.2, -0.15) is 0 Å². The number of hydrogen-bond acceptors (Lipinski definition) is 3. The summed E-state index contributed by atoms with van der Waals surface area (Å²) in [5.74, 6) is 0.330. The van der Waals surface area contributed by atoms with Crippen molar-refractivity contribution in [2.24, 2.45) is 5.92 Å². The van der Waals surface area contributed by atoms with Crippen LogP contribution in [0.5, 0.6) is 0 Å². The smallest absolute Gasteiger partial charge is 0.319 e. The van der Waals surface area contributed by atoms with Crippen LogP contribution in [0.15, 0.2) is 47.4 Å². The minimum absolute atomic E-state index is 0.0154. The Labute approximate surface area is 162 Å². The number of nitrogens with one attached hydrogen (secondary N) is 3. The molecule has 0 spiro atoms. The molecule has 0 unspecified atom stereocenters. The van der Waals surface area contributed by atoms with Crippen LogP contribution in [-0.4, -0.2) is 21.0 Å². The second kappa shape index (κ2) is 8.62. The molecule has 0 saturated heterocycles. The average molecular weight is 416 g/mol. The van der Waals surface area contributed by atoms with E-state index in [9.17, 15) is 13.2 Å². The third kappa shape index (κ3) is 5.52. The highest BCUT2D eigenvalue weighted by Gasteiger charge is 2.17. The van der Waals surface area contributed by atoms with E-state index in [2.05, 4.69) is 15.4 Å². The highest BCUT2D eigenvalue weighted by molar-refractivity contribution is 7.92. The van der Waals surface area contributed by atoms with Gasteiger partial charge in [0.2, 0.25) is 0 Å². The van der Waals surface area contributed by atoms with Crippen LogP contribution < -0.4 is 15.4 Å². The van der Waals surface area contributed by atoms with E-state index >= 15 is 0 Å². The van der Waals surface area contributed by atoms with Crippen LogP contribution in [-0.2, 0) is 10.0 Å². The molecule has 0 bridgehead atoms. The third-order valence-corrected chi connectivity index (χ3v) is 5.29. The van der Waals surface area contributed by atoms with Crippen molar-refractivity contribution in [1.82, 2.24) is 5.32 Å². The Hall–Kier alpha value is -1.96. The Morgan fingerprint density at radius 2 is 1.62 bits per heavy atom. The van der Waals surface area contributed by atoms with Gasteiger partial charge in [-0.05, 0) is 42.3 Å². The number of sulfonamides is 1. The predicted molar refractivity (Wildman–Crippen MR) is 106 cm³/mol. The monoisotopic (exact) mass is 415 g/mol. The van der Waals surface area contributed by atoms with Gasteiger partial charge in [0.05, 0.1) is 20.6 Å². The fourth-order valence-corrected chi connectivity index (χ4v) is 3.68. The summed E-state index contributed by atoms with van der Waals surface area (Å²) in [6, 6.07) is 10.1. The molecular formula is C17H19Cl2N3O3S. The molecule has 0 aliphatic rings. The van der Waals surface area contributed by atoms with E-state index in [0.717, 1.165) is 0 Å². The molecule has 0 radical (unpaired) electrons. The molecular weight excluding hydrogens is 397 g/mol.